The van der Waals surface area contributed by atoms with Gasteiger partial charge in [0.05, 0.1) is 17.8 Å². The van der Waals surface area contributed by atoms with Crippen molar-refractivity contribution in [2.45, 2.75) is 6.92 Å². The highest BCUT2D eigenvalue weighted by Gasteiger charge is 2.11. The zero-order valence-corrected chi connectivity index (χ0v) is 11.2. The van der Waals surface area contributed by atoms with Crippen molar-refractivity contribution in [3.05, 3.63) is 30.0 Å². The normalized spacial score (nSPS) is 12.5. The van der Waals surface area contributed by atoms with Gasteiger partial charge in [-0.2, -0.15) is 0 Å². The minimum absolute atomic E-state index is 0.126. The number of hydrogen-bond donors (Lipinski definition) is 3. The maximum atomic E-state index is 12.0. The van der Waals surface area contributed by atoms with Crippen LogP contribution in [0.2, 0.25) is 0 Å². The summed E-state index contributed by atoms with van der Waals surface area (Å²) in [7, 11) is 1.65. The summed E-state index contributed by atoms with van der Waals surface area (Å²) in [6.07, 6.45) is 0. The van der Waals surface area contributed by atoms with E-state index in [0.29, 0.717) is 24.5 Å². The lowest BCUT2D eigenvalue weighted by Crippen LogP contribution is -2.30. The lowest BCUT2D eigenvalue weighted by atomic mass is 10.2. The third kappa shape index (κ3) is 3.06. The van der Waals surface area contributed by atoms with Crippen LogP contribution in [-0.2, 0) is 4.74 Å². The van der Waals surface area contributed by atoms with Crippen LogP contribution in [0.1, 0.15) is 17.4 Å². The van der Waals surface area contributed by atoms with Crippen LogP contribution in [0, 0.1) is 5.92 Å². The Kier molecular flexibility index (Phi) is 4.06. The van der Waals surface area contributed by atoms with E-state index in [1.54, 1.807) is 13.2 Å². The van der Waals surface area contributed by atoms with Gasteiger partial charge in [0.25, 0.3) is 5.91 Å². The van der Waals surface area contributed by atoms with Crippen LogP contribution in [0.3, 0.4) is 0 Å². The smallest absolute Gasteiger partial charge is 0.267 e. The number of anilines is 1. The second-order valence-electron chi connectivity index (χ2n) is 4.77. The first-order valence-corrected chi connectivity index (χ1v) is 6.26. The van der Waals surface area contributed by atoms with Gasteiger partial charge in [-0.1, -0.05) is 19.1 Å². The lowest BCUT2D eigenvalue weighted by molar-refractivity contribution is 0.0930. The Morgan fingerprint density at radius 1 is 1.53 bits per heavy atom. The number of carbonyl (C=O) groups is 1. The van der Waals surface area contributed by atoms with Crippen LogP contribution in [0.25, 0.3) is 10.9 Å². The molecule has 19 heavy (non-hydrogen) atoms. The van der Waals surface area contributed by atoms with Gasteiger partial charge in [0.1, 0.15) is 5.69 Å². The summed E-state index contributed by atoms with van der Waals surface area (Å²) < 4.78 is 5.03. The molecule has 102 valence electrons. The quantitative estimate of drug-likeness (QED) is 0.717. The first-order valence-electron chi connectivity index (χ1n) is 6.26. The number of nitrogen functional groups attached to an aromatic ring is 1. The average Bonchev–Trinajstić information content (AvgIpc) is 2.82. The van der Waals surface area contributed by atoms with E-state index in [-0.39, 0.29) is 11.8 Å². The summed E-state index contributed by atoms with van der Waals surface area (Å²) in [5.41, 5.74) is 7.82. The molecule has 0 spiro atoms. The molecule has 2 rings (SSSR count). The molecular formula is C14H19N3O2. The number of aromatic amines is 1. The fourth-order valence-corrected chi connectivity index (χ4v) is 2.01. The Morgan fingerprint density at radius 3 is 3.00 bits per heavy atom. The minimum atomic E-state index is -0.126. The van der Waals surface area contributed by atoms with E-state index < -0.39 is 0 Å². The van der Waals surface area contributed by atoms with Crippen LogP contribution < -0.4 is 11.1 Å². The van der Waals surface area contributed by atoms with Crippen molar-refractivity contribution in [2.24, 2.45) is 5.92 Å². The Labute approximate surface area is 112 Å². The molecule has 0 aliphatic carbocycles. The molecule has 0 aliphatic rings. The van der Waals surface area contributed by atoms with Gasteiger partial charge >= 0.3 is 0 Å². The second-order valence-corrected chi connectivity index (χ2v) is 4.77. The molecule has 4 N–H and O–H groups in total. The number of para-hydroxylation sites is 1. The summed E-state index contributed by atoms with van der Waals surface area (Å²) in [6.45, 7) is 3.23. The maximum Gasteiger partial charge on any atom is 0.267 e. The molecule has 0 aliphatic heterocycles. The van der Waals surface area contributed by atoms with Gasteiger partial charge in [-0.15, -0.1) is 0 Å². The molecule has 0 bridgehead atoms. The van der Waals surface area contributed by atoms with Crippen LogP contribution >= 0.6 is 0 Å². The number of nitrogens with two attached hydrogens (primary N) is 1. The van der Waals surface area contributed by atoms with E-state index in [4.69, 9.17) is 10.5 Å². The third-order valence-corrected chi connectivity index (χ3v) is 3.00. The molecule has 0 radical (unpaired) electrons. The van der Waals surface area contributed by atoms with E-state index in [2.05, 4.69) is 10.3 Å². The molecule has 1 aromatic carbocycles. The number of rotatable bonds is 5. The Hall–Kier alpha value is -2.01. The van der Waals surface area contributed by atoms with Crippen LogP contribution in [-0.4, -0.2) is 31.2 Å². The molecule has 1 atom stereocenters. The summed E-state index contributed by atoms with van der Waals surface area (Å²) in [6, 6.07) is 7.41. The molecule has 1 amide bonds. The topological polar surface area (TPSA) is 80.1 Å². The van der Waals surface area contributed by atoms with Gasteiger partial charge in [-0.3, -0.25) is 4.79 Å². The molecular weight excluding hydrogens is 242 g/mol. The predicted molar refractivity (Wildman–Crippen MR) is 76.1 cm³/mol. The molecule has 5 nitrogen and oxygen atoms in total. The molecule has 1 unspecified atom stereocenters. The number of aromatic nitrogens is 1. The molecule has 0 saturated heterocycles. The number of nitrogens with one attached hydrogen (secondary N) is 2. The summed E-state index contributed by atoms with van der Waals surface area (Å²) in [4.78, 5) is 15.1. The number of hydrogen-bond acceptors (Lipinski definition) is 3. The van der Waals surface area contributed by atoms with Gasteiger partial charge in [-0.25, -0.2) is 0 Å². The fraction of sp³-hybridized carbons (Fsp3) is 0.357. The highest BCUT2D eigenvalue weighted by molar-refractivity contribution is 6.00. The Balaban J connectivity index is 2.07. The minimum Gasteiger partial charge on any atom is -0.397 e. The van der Waals surface area contributed by atoms with E-state index >= 15 is 0 Å². The molecule has 0 fully saturated rings. The van der Waals surface area contributed by atoms with Crippen molar-refractivity contribution in [2.75, 3.05) is 26.0 Å². The Bertz CT molecular complexity index is 577. The van der Waals surface area contributed by atoms with Crippen LogP contribution in [0.5, 0.6) is 0 Å². The second kappa shape index (κ2) is 5.75. The lowest BCUT2D eigenvalue weighted by Gasteiger charge is -2.10. The van der Waals surface area contributed by atoms with Crippen LogP contribution in [0.4, 0.5) is 5.69 Å². The van der Waals surface area contributed by atoms with E-state index in [1.165, 1.54) is 0 Å². The molecule has 2 aromatic rings. The molecule has 1 aromatic heterocycles. The van der Waals surface area contributed by atoms with Gasteiger partial charge in [0, 0.05) is 19.0 Å². The number of amides is 1. The van der Waals surface area contributed by atoms with Gasteiger partial charge < -0.3 is 20.8 Å². The van der Waals surface area contributed by atoms with E-state index in [1.807, 2.05) is 25.1 Å². The highest BCUT2D eigenvalue weighted by atomic mass is 16.5. The van der Waals surface area contributed by atoms with Crippen molar-refractivity contribution in [3.63, 3.8) is 0 Å². The van der Waals surface area contributed by atoms with Gasteiger partial charge in [0.2, 0.25) is 0 Å². The average molecular weight is 261 g/mol. The van der Waals surface area contributed by atoms with Gasteiger partial charge in [0.15, 0.2) is 0 Å². The first-order chi connectivity index (χ1) is 9.11. The number of carbonyl (C=O) groups excluding carboxylic acids is 1. The monoisotopic (exact) mass is 261 g/mol. The third-order valence-electron chi connectivity index (χ3n) is 3.00. The maximum absolute atomic E-state index is 12.0. The number of H-pyrrole nitrogens is 1. The first kappa shape index (κ1) is 13.4. The van der Waals surface area contributed by atoms with Crippen molar-refractivity contribution in [1.29, 1.82) is 0 Å². The van der Waals surface area contributed by atoms with Crippen molar-refractivity contribution >= 4 is 22.5 Å². The van der Waals surface area contributed by atoms with Crippen molar-refractivity contribution in [3.8, 4) is 0 Å². The van der Waals surface area contributed by atoms with Crippen molar-refractivity contribution < 1.29 is 9.53 Å². The van der Waals surface area contributed by atoms with Crippen LogP contribution in [0.15, 0.2) is 24.3 Å². The van der Waals surface area contributed by atoms with Crippen molar-refractivity contribution in [1.82, 2.24) is 10.3 Å². The fourth-order valence-electron chi connectivity index (χ4n) is 2.01. The number of ether oxygens (including phenoxy) is 1. The summed E-state index contributed by atoms with van der Waals surface area (Å²) in [5.74, 6) is 0.155. The zero-order chi connectivity index (χ0) is 13.8. The molecule has 1 heterocycles. The molecule has 0 saturated carbocycles. The SMILES string of the molecule is COCC(C)CNC(=O)c1cc2cccc(N)c2[nH]1. The number of fused-ring (bicyclic) bond motifs is 1. The largest absolute Gasteiger partial charge is 0.397 e. The summed E-state index contributed by atoms with van der Waals surface area (Å²) in [5, 5.41) is 3.81. The summed E-state index contributed by atoms with van der Waals surface area (Å²) >= 11 is 0. The van der Waals surface area contributed by atoms with E-state index in [0.717, 1.165) is 10.9 Å². The number of methoxy groups -OCH3 is 1. The molecule has 5 heteroatoms. The Morgan fingerprint density at radius 2 is 2.32 bits per heavy atom. The zero-order valence-electron chi connectivity index (χ0n) is 11.2. The van der Waals surface area contributed by atoms with E-state index in [9.17, 15) is 4.79 Å². The predicted octanol–water partition coefficient (Wildman–Crippen LogP) is 1.76. The van der Waals surface area contributed by atoms with Gasteiger partial charge in [-0.05, 0) is 18.1 Å². The standard InChI is InChI=1S/C14H19N3O2/c1-9(8-19-2)7-16-14(18)12-6-10-4-3-5-11(15)13(10)17-12/h3-6,9,17H,7-8,15H2,1-2H3,(H,16,18). The number of benzene rings is 1. The highest BCUT2D eigenvalue weighted by Crippen LogP contribution is 2.20.